The van der Waals surface area contributed by atoms with E-state index in [1.165, 1.54) is 0 Å². The first kappa shape index (κ1) is 16.6. The summed E-state index contributed by atoms with van der Waals surface area (Å²) in [5.74, 6) is 0.454. The molecule has 0 aliphatic heterocycles. The van der Waals surface area contributed by atoms with Gasteiger partial charge in [0.2, 0.25) is 0 Å². The van der Waals surface area contributed by atoms with Crippen LogP contribution >= 0.6 is 27.5 Å². The molecule has 0 saturated heterocycles. The molecular weight excluding hydrogens is 358 g/mol. The molecule has 2 unspecified atom stereocenters. The maximum absolute atomic E-state index is 12.0. The van der Waals surface area contributed by atoms with Crippen molar-refractivity contribution in [1.82, 2.24) is 5.32 Å². The highest BCUT2D eigenvalue weighted by molar-refractivity contribution is 9.10. The van der Waals surface area contributed by atoms with Crippen LogP contribution in [0.5, 0.6) is 5.75 Å². The summed E-state index contributed by atoms with van der Waals surface area (Å²) in [5.41, 5.74) is 0. The van der Waals surface area contributed by atoms with Crippen LogP contribution in [0, 0.1) is 5.92 Å². The quantitative estimate of drug-likeness (QED) is 0.830. The van der Waals surface area contributed by atoms with Crippen LogP contribution < -0.4 is 10.1 Å². The van der Waals surface area contributed by atoms with Gasteiger partial charge in [0.1, 0.15) is 5.75 Å². The third-order valence-corrected chi connectivity index (χ3v) is 4.53. The summed E-state index contributed by atoms with van der Waals surface area (Å²) in [5, 5.41) is 12.7. The Balaban J connectivity index is 1.84. The number of aliphatic hydroxyl groups is 1. The van der Waals surface area contributed by atoms with Crippen LogP contribution in [0.4, 0.5) is 0 Å². The third-order valence-electron chi connectivity index (χ3n) is 3.74. The van der Waals surface area contributed by atoms with Gasteiger partial charge in [-0.2, -0.15) is 0 Å². The molecule has 1 aromatic rings. The lowest BCUT2D eigenvalue weighted by Crippen LogP contribution is -2.45. The number of benzene rings is 1. The van der Waals surface area contributed by atoms with Crippen molar-refractivity contribution < 1.29 is 14.6 Å². The van der Waals surface area contributed by atoms with Crippen LogP contribution in [0.1, 0.15) is 25.7 Å². The molecule has 0 heterocycles. The maximum atomic E-state index is 12.0. The molecule has 1 saturated carbocycles. The number of hydrogen-bond donors (Lipinski definition) is 2. The van der Waals surface area contributed by atoms with E-state index in [4.69, 9.17) is 16.3 Å². The number of halogens is 2. The second-order valence-corrected chi connectivity index (χ2v) is 6.59. The maximum Gasteiger partial charge on any atom is 0.258 e. The van der Waals surface area contributed by atoms with E-state index in [2.05, 4.69) is 21.2 Å². The van der Waals surface area contributed by atoms with Crippen LogP contribution in [0.2, 0.25) is 5.02 Å². The first-order chi connectivity index (χ1) is 10.1. The van der Waals surface area contributed by atoms with E-state index in [9.17, 15) is 9.90 Å². The van der Waals surface area contributed by atoms with Crippen molar-refractivity contribution in [1.29, 1.82) is 0 Å². The SMILES string of the molecule is O=C(COc1ccc(Br)cc1Cl)NC1CCCCC1CO. The summed E-state index contributed by atoms with van der Waals surface area (Å²) in [4.78, 5) is 12.0. The summed E-state index contributed by atoms with van der Waals surface area (Å²) < 4.78 is 6.30. The van der Waals surface area contributed by atoms with Crippen LogP contribution in [-0.4, -0.2) is 30.3 Å². The van der Waals surface area contributed by atoms with Gasteiger partial charge in [-0.25, -0.2) is 0 Å². The highest BCUT2D eigenvalue weighted by atomic mass is 79.9. The largest absolute Gasteiger partial charge is 0.482 e. The number of hydrogen-bond acceptors (Lipinski definition) is 3. The Morgan fingerprint density at radius 3 is 2.90 bits per heavy atom. The Morgan fingerprint density at radius 1 is 1.43 bits per heavy atom. The fourth-order valence-electron chi connectivity index (χ4n) is 2.60. The molecule has 1 fully saturated rings. The van der Waals surface area contributed by atoms with E-state index < -0.39 is 0 Å². The normalized spacial score (nSPS) is 21.9. The Labute approximate surface area is 138 Å². The monoisotopic (exact) mass is 375 g/mol. The smallest absolute Gasteiger partial charge is 0.258 e. The molecule has 2 atom stereocenters. The van der Waals surface area contributed by atoms with Crippen molar-refractivity contribution in [2.45, 2.75) is 31.7 Å². The van der Waals surface area contributed by atoms with Gasteiger partial charge in [0.15, 0.2) is 6.61 Å². The van der Waals surface area contributed by atoms with Crippen LogP contribution in [-0.2, 0) is 4.79 Å². The van der Waals surface area contributed by atoms with Crippen molar-refractivity contribution in [3.05, 3.63) is 27.7 Å². The van der Waals surface area contributed by atoms with Gasteiger partial charge in [-0.05, 0) is 31.0 Å². The number of carbonyl (C=O) groups excluding carboxylic acids is 1. The molecule has 0 radical (unpaired) electrons. The van der Waals surface area contributed by atoms with Gasteiger partial charge in [0.05, 0.1) is 5.02 Å². The molecule has 0 aromatic heterocycles. The van der Waals surface area contributed by atoms with Crippen LogP contribution in [0.3, 0.4) is 0 Å². The van der Waals surface area contributed by atoms with Gasteiger partial charge in [0.25, 0.3) is 5.91 Å². The summed E-state index contributed by atoms with van der Waals surface area (Å²) in [6, 6.07) is 5.29. The van der Waals surface area contributed by atoms with Gasteiger partial charge < -0.3 is 15.2 Å². The van der Waals surface area contributed by atoms with E-state index in [0.29, 0.717) is 10.8 Å². The summed E-state index contributed by atoms with van der Waals surface area (Å²) in [6.45, 7) is 0.0420. The first-order valence-electron chi connectivity index (χ1n) is 7.08. The van der Waals surface area contributed by atoms with E-state index in [1.54, 1.807) is 12.1 Å². The zero-order chi connectivity index (χ0) is 15.2. The van der Waals surface area contributed by atoms with E-state index in [0.717, 1.165) is 30.2 Å². The van der Waals surface area contributed by atoms with Crippen LogP contribution in [0.15, 0.2) is 22.7 Å². The van der Waals surface area contributed by atoms with E-state index in [1.807, 2.05) is 6.07 Å². The van der Waals surface area contributed by atoms with E-state index >= 15 is 0 Å². The highest BCUT2D eigenvalue weighted by Crippen LogP contribution is 2.28. The molecule has 0 spiro atoms. The lowest BCUT2D eigenvalue weighted by Gasteiger charge is -2.30. The summed E-state index contributed by atoms with van der Waals surface area (Å²) >= 11 is 9.34. The van der Waals surface area contributed by atoms with Gasteiger partial charge in [-0.15, -0.1) is 0 Å². The zero-order valence-electron chi connectivity index (χ0n) is 11.6. The van der Waals surface area contributed by atoms with Crippen molar-refractivity contribution in [3.63, 3.8) is 0 Å². The molecule has 6 heteroatoms. The lowest BCUT2D eigenvalue weighted by atomic mass is 9.85. The minimum Gasteiger partial charge on any atom is -0.482 e. The molecular formula is C15H19BrClNO3. The van der Waals surface area contributed by atoms with Gasteiger partial charge >= 0.3 is 0 Å². The van der Waals surface area contributed by atoms with Crippen molar-refractivity contribution in [2.75, 3.05) is 13.2 Å². The minimum absolute atomic E-state index is 0.0419. The second-order valence-electron chi connectivity index (χ2n) is 5.26. The predicted molar refractivity (Wildman–Crippen MR) is 85.6 cm³/mol. The summed E-state index contributed by atoms with van der Waals surface area (Å²) in [6.07, 6.45) is 4.07. The Bertz CT molecular complexity index is 498. The minimum atomic E-state index is -0.181. The molecule has 2 rings (SSSR count). The molecule has 21 heavy (non-hydrogen) atoms. The Hall–Kier alpha value is -0.780. The number of carbonyl (C=O) groups is 1. The molecule has 0 bridgehead atoms. The molecule has 1 aliphatic carbocycles. The van der Waals surface area contributed by atoms with Crippen LogP contribution in [0.25, 0.3) is 0 Å². The number of rotatable bonds is 5. The van der Waals surface area contributed by atoms with Gasteiger partial charge in [-0.3, -0.25) is 4.79 Å². The molecule has 116 valence electrons. The average molecular weight is 377 g/mol. The number of aliphatic hydroxyl groups excluding tert-OH is 1. The van der Waals surface area contributed by atoms with Crippen molar-refractivity contribution >= 4 is 33.4 Å². The van der Waals surface area contributed by atoms with Gasteiger partial charge in [0, 0.05) is 23.0 Å². The first-order valence-corrected chi connectivity index (χ1v) is 8.25. The highest BCUT2D eigenvalue weighted by Gasteiger charge is 2.25. The predicted octanol–water partition coefficient (Wildman–Crippen LogP) is 3.15. The summed E-state index contributed by atoms with van der Waals surface area (Å²) in [7, 11) is 0. The van der Waals surface area contributed by atoms with E-state index in [-0.39, 0.29) is 31.1 Å². The Morgan fingerprint density at radius 2 is 2.19 bits per heavy atom. The lowest BCUT2D eigenvalue weighted by molar-refractivity contribution is -0.124. The Kier molecular flexibility index (Phi) is 6.33. The number of ether oxygens (including phenoxy) is 1. The second kappa shape index (κ2) is 8.01. The topological polar surface area (TPSA) is 58.6 Å². The molecule has 4 nitrogen and oxygen atoms in total. The van der Waals surface area contributed by atoms with Gasteiger partial charge in [-0.1, -0.05) is 40.4 Å². The average Bonchev–Trinajstić information content (AvgIpc) is 2.47. The zero-order valence-corrected chi connectivity index (χ0v) is 14.0. The third kappa shape index (κ3) is 4.87. The fourth-order valence-corrected chi connectivity index (χ4v) is 3.33. The molecule has 1 amide bonds. The molecule has 1 aromatic carbocycles. The fraction of sp³-hybridized carbons (Fsp3) is 0.533. The standard InChI is InChI=1S/C15H19BrClNO3/c16-11-5-6-14(12(17)7-11)21-9-15(20)18-13-4-2-1-3-10(13)8-19/h5-7,10,13,19H,1-4,8-9H2,(H,18,20). The molecule has 2 N–H and O–H groups in total. The van der Waals surface area contributed by atoms with Crippen molar-refractivity contribution in [2.24, 2.45) is 5.92 Å². The number of amides is 1. The molecule has 1 aliphatic rings. The number of nitrogens with one attached hydrogen (secondary N) is 1. The van der Waals surface area contributed by atoms with Crippen molar-refractivity contribution in [3.8, 4) is 5.75 Å².